The lowest BCUT2D eigenvalue weighted by Crippen LogP contribution is -2.52. The second-order valence-corrected chi connectivity index (χ2v) is 8.56. The van der Waals surface area contributed by atoms with Crippen LogP contribution in [-0.2, 0) is 11.2 Å². The van der Waals surface area contributed by atoms with Crippen LogP contribution in [0.4, 0.5) is 0 Å². The van der Waals surface area contributed by atoms with Crippen LogP contribution in [0, 0.1) is 0 Å². The van der Waals surface area contributed by atoms with Gasteiger partial charge in [-0.25, -0.2) is 0 Å². The van der Waals surface area contributed by atoms with Crippen LogP contribution < -0.4 is 0 Å². The zero-order valence-electron chi connectivity index (χ0n) is 14.5. The molecule has 0 N–H and O–H groups in total. The molecule has 0 saturated carbocycles. The monoisotopic (exact) mass is 344 g/mol. The van der Waals surface area contributed by atoms with Crippen LogP contribution >= 0.6 is 11.8 Å². The van der Waals surface area contributed by atoms with Crippen LogP contribution in [-0.4, -0.2) is 59.4 Å². The van der Waals surface area contributed by atoms with Crippen molar-refractivity contribution in [3.8, 4) is 0 Å². The summed E-state index contributed by atoms with van der Waals surface area (Å²) in [6.07, 6.45) is 5.95. The average Bonchev–Trinajstić information content (AvgIpc) is 3.14. The maximum Gasteiger partial charge on any atom is 0.230 e. The number of carbonyl (C=O) groups is 1. The molecule has 4 rings (SSSR count). The number of likely N-dealkylation sites (tertiary alicyclic amines) is 1. The van der Waals surface area contributed by atoms with Crippen LogP contribution in [0.15, 0.2) is 24.3 Å². The molecule has 2 aliphatic heterocycles. The number of benzene rings is 1. The minimum atomic E-state index is 0.0964. The summed E-state index contributed by atoms with van der Waals surface area (Å²) in [7, 11) is 0. The zero-order valence-corrected chi connectivity index (χ0v) is 15.3. The van der Waals surface area contributed by atoms with Crippen molar-refractivity contribution in [1.29, 1.82) is 0 Å². The minimum Gasteiger partial charge on any atom is -0.336 e. The first-order valence-electron chi connectivity index (χ1n) is 9.51. The van der Waals surface area contributed by atoms with Crippen LogP contribution in [0.25, 0.3) is 0 Å². The molecule has 2 unspecified atom stereocenters. The smallest absolute Gasteiger partial charge is 0.230 e. The lowest BCUT2D eigenvalue weighted by atomic mass is 9.82. The summed E-state index contributed by atoms with van der Waals surface area (Å²) in [5.74, 6) is 2.69. The molecule has 0 aromatic heterocycles. The van der Waals surface area contributed by atoms with Crippen LogP contribution in [0.5, 0.6) is 0 Å². The van der Waals surface area contributed by atoms with Gasteiger partial charge in [-0.3, -0.25) is 4.79 Å². The number of thioether (sulfide) groups is 1. The third-order valence-electron chi connectivity index (χ3n) is 5.85. The molecule has 2 atom stereocenters. The Morgan fingerprint density at radius 3 is 2.83 bits per heavy atom. The number of hydrogen-bond donors (Lipinski definition) is 0. The van der Waals surface area contributed by atoms with Gasteiger partial charge in [0.25, 0.3) is 0 Å². The largest absolute Gasteiger partial charge is 0.336 e. The van der Waals surface area contributed by atoms with Crippen molar-refractivity contribution in [3.05, 3.63) is 35.4 Å². The van der Waals surface area contributed by atoms with Crippen molar-refractivity contribution < 1.29 is 4.79 Å². The van der Waals surface area contributed by atoms with E-state index in [-0.39, 0.29) is 5.92 Å². The standard InChI is InChI=1S/C20H28N2OS/c23-20(19-9-5-7-16-6-1-2-8-18(16)19)22-12-13-24-15-17(22)14-21-10-3-4-11-21/h1-2,6,8,17,19H,3-5,7,9-15H2. The molecule has 0 radical (unpaired) electrons. The van der Waals surface area contributed by atoms with E-state index in [1.807, 2.05) is 11.8 Å². The molecule has 2 heterocycles. The van der Waals surface area contributed by atoms with Gasteiger partial charge in [0.05, 0.1) is 12.0 Å². The Labute approximate surface area is 149 Å². The van der Waals surface area contributed by atoms with E-state index >= 15 is 0 Å². The molecule has 3 aliphatic rings. The SMILES string of the molecule is O=C(C1CCCc2ccccc21)N1CCSCC1CN1CCCC1. The molecule has 1 aliphatic carbocycles. The molecule has 24 heavy (non-hydrogen) atoms. The Balaban J connectivity index is 1.51. The lowest BCUT2D eigenvalue weighted by Gasteiger charge is -2.40. The highest BCUT2D eigenvalue weighted by Crippen LogP contribution is 2.34. The van der Waals surface area contributed by atoms with E-state index in [9.17, 15) is 4.79 Å². The molecule has 1 amide bonds. The molecular formula is C20H28N2OS. The number of hydrogen-bond acceptors (Lipinski definition) is 3. The van der Waals surface area contributed by atoms with Crippen molar-refractivity contribution in [1.82, 2.24) is 9.80 Å². The maximum absolute atomic E-state index is 13.4. The maximum atomic E-state index is 13.4. The average molecular weight is 345 g/mol. The molecule has 3 nitrogen and oxygen atoms in total. The molecule has 2 saturated heterocycles. The second kappa shape index (κ2) is 7.49. The number of amides is 1. The Kier molecular flexibility index (Phi) is 5.14. The van der Waals surface area contributed by atoms with Gasteiger partial charge < -0.3 is 9.80 Å². The number of rotatable bonds is 3. The normalized spacial score (nSPS) is 27.9. The number of carbonyl (C=O) groups excluding carboxylic acids is 1. The van der Waals surface area contributed by atoms with E-state index in [1.165, 1.54) is 37.1 Å². The molecule has 4 heteroatoms. The van der Waals surface area contributed by atoms with E-state index in [2.05, 4.69) is 34.1 Å². The van der Waals surface area contributed by atoms with Gasteiger partial charge in [-0.2, -0.15) is 11.8 Å². The van der Waals surface area contributed by atoms with Crippen molar-refractivity contribution in [3.63, 3.8) is 0 Å². The Morgan fingerprint density at radius 2 is 1.96 bits per heavy atom. The van der Waals surface area contributed by atoms with Crippen LogP contribution in [0.2, 0.25) is 0 Å². The first kappa shape index (κ1) is 16.5. The van der Waals surface area contributed by atoms with E-state index in [0.717, 1.165) is 43.9 Å². The predicted octanol–water partition coefficient (Wildman–Crippen LogP) is 3.15. The Morgan fingerprint density at radius 1 is 1.12 bits per heavy atom. The molecule has 130 valence electrons. The highest BCUT2D eigenvalue weighted by molar-refractivity contribution is 7.99. The Hall–Kier alpha value is -1.00. The van der Waals surface area contributed by atoms with Gasteiger partial charge in [0.15, 0.2) is 0 Å². The third kappa shape index (κ3) is 3.36. The molecule has 0 bridgehead atoms. The fourth-order valence-corrected chi connectivity index (χ4v) is 5.62. The minimum absolute atomic E-state index is 0.0964. The van der Waals surface area contributed by atoms with Gasteiger partial charge in [-0.05, 0) is 56.3 Å². The molecule has 1 aromatic rings. The second-order valence-electron chi connectivity index (χ2n) is 7.41. The summed E-state index contributed by atoms with van der Waals surface area (Å²) in [6, 6.07) is 9.01. The molecule has 2 fully saturated rings. The van der Waals surface area contributed by atoms with Crippen LogP contribution in [0.1, 0.15) is 42.7 Å². The quantitative estimate of drug-likeness (QED) is 0.842. The summed E-state index contributed by atoms with van der Waals surface area (Å²) < 4.78 is 0. The van der Waals surface area contributed by atoms with Crippen LogP contribution in [0.3, 0.4) is 0 Å². The van der Waals surface area contributed by atoms with E-state index < -0.39 is 0 Å². The third-order valence-corrected chi connectivity index (χ3v) is 6.94. The van der Waals surface area contributed by atoms with Gasteiger partial charge in [-0.15, -0.1) is 0 Å². The summed E-state index contributed by atoms with van der Waals surface area (Å²) in [5, 5.41) is 0. The molecule has 0 spiro atoms. The topological polar surface area (TPSA) is 23.6 Å². The zero-order chi connectivity index (χ0) is 16.4. The number of aryl methyl sites for hydroxylation is 1. The lowest BCUT2D eigenvalue weighted by molar-refractivity contribution is -0.135. The van der Waals surface area contributed by atoms with Gasteiger partial charge in [0.2, 0.25) is 5.91 Å². The Bertz CT molecular complexity index is 585. The van der Waals surface area contributed by atoms with E-state index in [0.29, 0.717) is 11.9 Å². The van der Waals surface area contributed by atoms with Gasteiger partial charge in [0.1, 0.15) is 0 Å². The highest BCUT2D eigenvalue weighted by Gasteiger charge is 2.35. The summed E-state index contributed by atoms with van der Waals surface area (Å²) in [4.78, 5) is 18.2. The first-order chi connectivity index (χ1) is 11.8. The fourth-order valence-electron chi connectivity index (χ4n) is 4.57. The first-order valence-corrected chi connectivity index (χ1v) is 10.7. The van der Waals surface area contributed by atoms with Gasteiger partial charge in [-0.1, -0.05) is 24.3 Å². The van der Waals surface area contributed by atoms with Gasteiger partial charge in [0, 0.05) is 24.6 Å². The van der Waals surface area contributed by atoms with Gasteiger partial charge >= 0.3 is 0 Å². The number of nitrogens with zero attached hydrogens (tertiary/aromatic N) is 2. The van der Waals surface area contributed by atoms with E-state index in [4.69, 9.17) is 0 Å². The van der Waals surface area contributed by atoms with Crippen molar-refractivity contribution >= 4 is 17.7 Å². The summed E-state index contributed by atoms with van der Waals surface area (Å²) in [5.41, 5.74) is 2.69. The van der Waals surface area contributed by atoms with Crippen molar-refractivity contribution in [2.24, 2.45) is 0 Å². The fraction of sp³-hybridized carbons (Fsp3) is 0.650. The predicted molar refractivity (Wildman–Crippen MR) is 101 cm³/mol. The summed E-state index contributed by atoms with van der Waals surface area (Å²) in [6.45, 7) is 4.44. The molecule has 1 aromatic carbocycles. The molecular weight excluding hydrogens is 316 g/mol. The number of fused-ring (bicyclic) bond motifs is 1. The highest BCUT2D eigenvalue weighted by atomic mass is 32.2. The summed E-state index contributed by atoms with van der Waals surface area (Å²) >= 11 is 2.02. The van der Waals surface area contributed by atoms with Crippen molar-refractivity contribution in [2.75, 3.05) is 37.7 Å². The van der Waals surface area contributed by atoms with Crippen molar-refractivity contribution in [2.45, 2.75) is 44.1 Å². The van der Waals surface area contributed by atoms with E-state index in [1.54, 1.807) is 0 Å².